The Labute approximate surface area is 125 Å². The van der Waals surface area contributed by atoms with Crippen molar-refractivity contribution in [1.82, 2.24) is 20.1 Å². The van der Waals surface area contributed by atoms with Crippen LogP contribution in [0.4, 0.5) is 0 Å². The minimum absolute atomic E-state index is 0.00722. The number of hydrogen-bond acceptors (Lipinski definition) is 5. The van der Waals surface area contributed by atoms with Crippen LogP contribution in [0.5, 0.6) is 0 Å². The van der Waals surface area contributed by atoms with Gasteiger partial charge in [0.1, 0.15) is 4.88 Å². The summed E-state index contributed by atoms with van der Waals surface area (Å²) in [5.41, 5.74) is 2.51. The highest BCUT2D eigenvalue weighted by Gasteiger charge is 2.29. The average Bonchev–Trinajstić information content (AvgIpc) is 2.83. The van der Waals surface area contributed by atoms with Crippen LogP contribution < -0.4 is 5.32 Å². The fraction of sp³-hybridized carbons (Fsp3) is 0.714. The molecule has 1 N–H and O–H groups in total. The number of likely N-dealkylation sites (N-methyl/N-ethyl adjacent to an activating group) is 1. The van der Waals surface area contributed by atoms with Crippen LogP contribution in [-0.4, -0.2) is 66.0 Å². The van der Waals surface area contributed by atoms with Crippen molar-refractivity contribution >= 4 is 17.2 Å². The Morgan fingerprint density at radius 2 is 2.05 bits per heavy atom. The van der Waals surface area contributed by atoms with Crippen molar-refractivity contribution in [3.63, 3.8) is 0 Å². The number of amides is 1. The van der Waals surface area contributed by atoms with Gasteiger partial charge in [-0.25, -0.2) is 4.98 Å². The van der Waals surface area contributed by atoms with E-state index < -0.39 is 0 Å². The molecule has 0 spiro atoms. The first-order chi connectivity index (χ1) is 9.40. The summed E-state index contributed by atoms with van der Waals surface area (Å²) in [6.07, 6.45) is 0. The number of aromatic nitrogens is 1. The number of aryl methyl sites for hydroxylation is 1. The molecule has 0 aromatic carbocycles. The van der Waals surface area contributed by atoms with Gasteiger partial charge in [-0.15, -0.1) is 11.3 Å². The van der Waals surface area contributed by atoms with Gasteiger partial charge in [-0.05, 0) is 27.8 Å². The topological polar surface area (TPSA) is 48.5 Å². The number of nitrogens with one attached hydrogen (secondary N) is 1. The van der Waals surface area contributed by atoms with E-state index in [1.807, 2.05) is 6.92 Å². The molecule has 0 radical (unpaired) electrons. The summed E-state index contributed by atoms with van der Waals surface area (Å²) in [5.74, 6) is -0.00722. The van der Waals surface area contributed by atoms with E-state index in [-0.39, 0.29) is 11.4 Å². The summed E-state index contributed by atoms with van der Waals surface area (Å²) in [4.78, 5) is 21.8. The predicted molar refractivity (Wildman–Crippen MR) is 82.3 cm³/mol. The monoisotopic (exact) mass is 296 g/mol. The number of nitrogens with zero attached hydrogens (tertiary/aromatic N) is 3. The first-order valence-electron chi connectivity index (χ1n) is 7.02. The van der Waals surface area contributed by atoms with Gasteiger partial charge in [-0.3, -0.25) is 9.69 Å². The van der Waals surface area contributed by atoms with Crippen LogP contribution in [0.15, 0.2) is 5.51 Å². The molecule has 1 amide bonds. The van der Waals surface area contributed by atoms with Gasteiger partial charge in [0.15, 0.2) is 0 Å². The van der Waals surface area contributed by atoms with Crippen molar-refractivity contribution in [2.24, 2.45) is 0 Å². The van der Waals surface area contributed by atoms with E-state index in [1.165, 1.54) is 11.3 Å². The zero-order chi connectivity index (χ0) is 14.8. The lowest BCUT2D eigenvalue weighted by Crippen LogP contribution is -2.57. The second-order valence-corrected chi connectivity index (χ2v) is 6.91. The molecule has 0 aliphatic carbocycles. The molecule has 1 aliphatic rings. The molecule has 1 fully saturated rings. The fourth-order valence-electron chi connectivity index (χ4n) is 2.42. The Kier molecular flexibility index (Phi) is 4.78. The van der Waals surface area contributed by atoms with Crippen molar-refractivity contribution in [2.45, 2.75) is 26.3 Å². The van der Waals surface area contributed by atoms with Crippen LogP contribution in [0, 0.1) is 6.92 Å². The van der Waals surface area contributed by atoms with E-state index in [1.54, 1.807) is 5.51 Å². The molecule has 6 heteroatoms. The van der Waals surface area contributed by atoms with Gasteiger partial charge in [-0.2, -0.15) is 0 Å². The summed E-state index contributed by atoms with van der Waals surface area (Å²) < 4.78 is 0. The van der Waals surface area contributed by atoms with E-state index in [9.17, 15) is 4.79 Å². The van der Waals surface area contributed by atoms with Gasteiger partial charge >= 0.3 is 0 Å². The highest BCUT2D eigenvalue weighted by molar-refractivity contribution is 7.11. The fourth-order valence-corrected chi connectivity index (χ4v) is 3.14. The Hall–Kier alpha value is -0.980. The number of piperazine rings is 1. The van der Waals surface area contributed by atoms with Crippen LogP contribution in [0.2, 0.25) is 0 Å². The number of hydrogen-bond donors (Lipinski definition) is 1. The molecule has 2 heterocycles. The zero-order valence-electron chi connectivity index (χ0n) is 12.8. The standard InChI is InChI=1S/C14H24N4OS/c1-11-12(20-10-16-11)13(19)15-9-14(2,3)18-7-5-17(4)6-8-18/h10H,5-9H2,1-4H3,(H,15,19). The van der Waals surface area contributed by atoms with Crippen LogP contribution in [-0.2, 0) is 0 Å². The molecule has 2 rings (SSSR count). The third kappa shape index (κ3) is 3.56. The van der Waals surface area contributed by atoms with E-state index >= 15 is 0 Å². The minimum Gasteiger partial charge on any atom is -0.349 e. The molecule has 0 atom stereocenters. The predicted octanol–water partition coefficient (Wildman–Crippen LogP) is 1.21. The molecule has 0 saturated carbocycles. The SMILES string of the molecule is Cc1ncsc1C(=O)NCC(C)(C)N1CCN(C)CC1. The van der Waals surface area contributed by atoms with Crippen molar-refractivity contribution in [2.75, 3.05) is 39.8 Å². The lowest BCUT2D eigenvalue weighted by molar-refractivity contribution is 0.0588. The highest BCUT2D eigenvalue weighted by Crippen LogP contribution is 2.17. The molecule has 1 aliphatic heterocycles. The van der Waals surface area contributed by atoms with E-state index in [0.29, 0.717) is 6.54 Å². The number of rotatable bonds is 4. The van der Waals surface area contributed by atoms with Crippen molar-refractivity contribution in [3.8, 4) is 0 Å². The van der Waals surface area contributed by atoms with Gasteiger partial charge in [0, 0.05) is 38.3 Å². The third-order valence-electron chi connectivity index (χ3n) is 3.99. The summed E-state index contributed by atoms with van der Waals surface area (Å²) in [7, 11) is 2.15. The normalized spacial score (nSPS) is 18.2. The molecule has 1 saturated heterocycles. The first-order valence-corrected chi connectivity index (χ1v) is 7.90. The molecule has 0 bridgehead atoms. The molecule has 5 nitrogen and oxygen atoms in total. The Morgan fingerprint density at radius 1 is 1.40 bits per heavy atom. The summed E-state index contributed by atoms with van der Waals surface area (Å²) in [6.45, 7) is 11.2. The van der Waals surface area contributed by atoms with Crippen LogP contribution >= 0.6 is 11.3 Å². The summed E-state index contributed by atoms with van der Waals surface area (Å²) >= 11 is 1.40. The molecular weight excluding hydrogens is 272 g/mol. The second-order valence-electron chi connectivity index (χ2n) is 6.05. The molecule has 112 valence electrons. The van der Waals surface area contributed by atoms with Crippen molar-refractivity contribution < 1.29 is 4.79 Å². The van der Waals surface area contributed by atoms with Crippen LogP contribution in [0.25, 0.3) is 0 Å². The lowest BCUT2D eigenvalue weighted by atomic mass is 10.0. The van der Waals surface area contributed by atoms with Gasteiger partial charge in [-0.1, -0.05) is 0 Å². The smallest absolute Gasteiger partial charge is 0.263 e. The number of thiazole rings is 1. The van der Waals surface area contributed by atoms with Crippen LogP contribution in [0.3, 0.4) is 0 Å². The maximum atomic E-state index is 12.1. The van der Waals surface area contributed by atoms with Gasteiger partial charge in [0.2, 0.25) is 0 Å². The first kappa shape index (κ1) is 15.4. The maximum Gasteiger partial charge on any atom is 0.263 e. The lowest BCUT2D eigenvalue weighted by Gasteiger charge is -2.43. The molecule has 20 heavy (non-hydrogen) atoms. The van der Waals surface area contributed by atoms with Crippen LogP contribution in [0.1, 0.15) is 29.2 Å². The van der Waals surface area contributed by atoms with Gasteiger partial charge in [0.25, 0.3) is 5.91 Å². The Balaban J connectivity index is 1.89. The Morgan fingerprint density at radius 3 is 2.60 bits per heavy atom. The van der Waals surface area contributed by atoms with Gasteiger partial charge < -0.3 is 10.2 Å². The molecule has 1 aromatic heterocycles. The van der Waals surface area contributed by atoms with Crippen molar-refractivity contribution in [1.29, 1.82) is 0 Å². The quantitative estimate of drug-likeness (QED) is 0.907. The summed E-state index contributed by atoms with van der Waals surface area (Å²) in [6, 6.07) is 0. The molecule has 0 unspecified atom stereocenters. The van der Waals surface area contributed by atoms with E-state index in [4.69, 9.17) is 0 Å². The highest BCUT2D eigenvalue weighted by atomic mass is 32.1. The van der Waals surface area contributed by atoms with E-state index in [0.717, 1.165) is 36.8 Å². The van der Waals surface area contributed by atoms with E-state index in [2.05, 4.69) is 41.0 Å². The number of carbonyl (C=O) groups is 1. The average molecular weight is 296 g/mol. The largest absolute Gasteiger partial charge is 0.349 e. The minimum atomic E-state index is -0.0183. The molecule has 1 aromatic rings. The summed E-state index contributed by atoms with van der Waals surface area (Å²) in [5, 5.41) is 3.05. The zero-order valence-corrected chi connectivity index (χ0v) is 13.6. The third-order valence-corrected chi connectivity index (χ3v) is 4.92. The number of carbonyl (C=O) groups excluding carboxylic acids is 1. The van der Waals surface area contributed by atoms with Gasteiger partial charge in [0.05, 0.1) is 11.2 Å². The van der Waals surface area contributed by atoms with Crippen molar-refractivity contribution in [3.05, 3.63) is 16.1 Å². The Bertz CT molecular complexity index is 463. The second kappa shape index (κ2) is 6.20. The molecular formula is C14H24N4OS. The maximum absolute atomic E-state index is 12.1.